The third kappa shape index (κ3) is 4.09. The fourth-order valence-corrected chi connectivity index (χ4v) is 3.15. The van der Waals surface area contributed by atoms with E-state index in [0.717, 1.165) is 44.0 Å². The zero-order chi connectivity index (χ0) is 16.8. The summed E-state index contributed by atoms with van der Waals surface area (Å²) in [7, 11) is 4.97. The molecule has 1 heterocycles. The van der Waals surface area contributed by atoms with Crippen molar-refractivity contribution >= 4 is 0 Å². The van der Waals surface area contributed by atoms with Gasteiger partial charge >= 0.3 is 0 Å². The van der Waals surface area contributed by atoms with Gasteiger partial charge in [0.1, 0.15) is 0 Å². The molecule has 1 fully saturated rings. The van der Waals surface area contributed by atoms with Crippen molar-refractivity contribution < 1.29 is 14.2 Å². The number of methoxy groups -OCH3 is 3. The van der Waals surface area contributed by atoms with Crippen LogP contribution in [0, 0.1) is 0 Å². The highest BCUT2D eigenvalue weighted by Crippen LogP contribution is 2.40. The summed E-state index contributed by atoms with van der Waals surface area (Å²) in [5.74, 6) is 2.15. The normalized spacial score (nSPS) is 17.8. The average molecular weight is 322 g/mol. The van der Waals surface area contributed by atoms with Crippen LogP contribution in [0.2, 0.25) is 0 Å². The Balaban J connectivity index is 2.06. The van der Waals surface area contributed by atoms with Crippen LogP contribution in [0.5, 0.6) is 17.2 Å². The second-order valence-corrected chi connectivity index (χ2v) is 6.06. The summed E-state index contributed by atoms with van der Waals surface area (Å²) in [6, 6.07) is 4.70. The summed E-state index contributed by atoms with van der Waals surface area (Å²) < 4.78 is 16.4. The predicted molar refractivity (Wildman–Crippen MR) is 92.7 cm³/mol. The molecule has 1 aromatic rings. The molecule has 0 N–H and O–H groups in total. The zero-order valence-electron chi connectivity index (χ0n) is 15.1. The lowest BCUT2D eigenvalue weighted by molar-refractivity contribution is 0.0957. The number of piperazine rings is 1. The topological polar surface area (TPSA) is 34.2 Å². The standard InChI is InChI=1S/C18H30N2O3/c1-6-14(2)20-11-9-19(10-12-20)13-15-7-8-16(21-3)18(23-5)17(15)22-4/h7-8,14H,6,9-13H2,1-5H3. The fourth-order valence-electron chi connectivity index (χ4n) is 3.15. The van der Waals surface area contributed by atoms with Crippen molar-refractivity contribution in [2.45, 2.75) is 32.9 Å². The van der Waals surface area contributed by atoms with E-state index in [0.29, 0.717) is 17.5 Å². The molecule has 130 valence electrons. The van der Waals surface area contributed by atoms with Crippen molar-refractivity contribution in [2.75, 3.05) is 47.5 Å². The maximum Gasteiger partial charge on any atom is 0.203 e. The first-order valence-electron chi connectivity index (χ1n) is 8.38. The minimum atomic E-state index is 0.672. The molecule has 5 heteroatoms. The Bertz CT molecular complexity index is 499. The van der Waals surface area contributed by atoms with Crippen LogP contribution in [0.1, 0.15) is 25.8 Å². The SMILES string of the molecule is CCC(C)N1CCN(Cc2ccc(OC)c(OC)c2OC)CC1. The molecule has 0 saturated carbocycles. The number of benzene rings is 1. The minimum absolute atomic E-state index is 0.672. The molecule has 0 aliphatic carbocycles. The number of rotatable bonds is 7. The van der Waals surface area contributed by atoms with Crippen LogP contribution in [0.4, 0.5) is 0 Å². The van der Waals surface area contributed by atoms with E-state index in [1.54, 1.807) is 21.3 Å². The van der Waals surface area contributed by atoms with E-state index in [-0.39, 0.29) is 0 Å². The van der Waals surface area contributed by atoms with Crippen LogP contribution in [-0.4, -0.2) is 63.4 Å². The van der Waals surface area contributed by atoms with Crippen LogP contribution in [-0.2, 0) is 6.54 Å². The van der Waals surface area contributed by atoms with Gasteiger partial charge < -0.3 is 14.2 Å². The van der Waals surface area contributed by atoms with Gasteiger partial charge in [0.05, 0.1) is 21.3 Å². The van der Waals surface area contributed by atoms with E-state index in [4.69, 9.17) is 14.2 Å². The molecule has 1 atom stereocenters. The van der Waals surface area contributed by atoms with Gasteiger partial charge in [-0.05, 0) is 19.4 Å². The molecule has 0 bridgehead atoms. The lowest BCUT2D eigenvalue weighted by Crippen LogP contribution is -2.49. The van der Waals surface area contributed by atoms with E-state index >= 15 is 0 Å². The first-order chi connectivity index (χ1) is 11.1. The maximum absolute atomic E-state index is 5.59. The average Bonchev–Trinajstić information content (AvgIpc) is 2.61. The highest BCUT2D eigenvalue weighted by Gasteiger charge is 2.22. The maximum atomic E-state index is 5.59. The van der Waals surface area contributed by atoms with E-state index in [9.17, 15) is 0 Å². The van der Waals surface area contributed by atoms with Gasteiger partial charge in [0, 0.05) is 44.3 Å². The summed E-state index contributed by atoms with van der Waals surface area (Å²) in [5, 5.41) is 0. The van der Waals surface area contributed by atoms with Gasteiger partial charge in [-0.1, -0.05) is 13.0 Å². The number of hydrogen-bond donors (Lipinski definition) is 0. The Kier molecular flexibility index (Phi) is 6.54. The van der Waals surface area contributed by atoms with E-state index in [1.165, 1.54) is 6.42 Å². The molecule has 5 nitrogen and oxygen atoms in total. The largest absolute Gasteiger partial charge is 0.493 e. The zero-order valence-corrected chi connectivity index (χ0v) is 15.1. The third-order valence-electron chi connectivity index (χ3n) is 4.80. The first-order valence-corrected chi connectivity index (χ1v) is 8.38. The molecule has 1 aliphatic rings. The second kappa shape index (κ2) is 8.41. The van der Waals surface area contributed by atoms with E-state index in [2.05, 4.69) is 29.7 Å². The highest BCUT2D eigenvalue weighted by molar-refractivity contribution is 5.55. The molecule has 0 spiro atoms. The van der Waals surface area contributed by atoms with Crippen LogP contribution in [0.25, 0.3) is 0 Å². The van der Waals surface area contributed by atoms with Gasteiger partial charge in [0.25, 0.3) is 0 Å². The Morgan fingerprint density at radius 2 is 1.61 bits per heavy atom. The Morgan fingerprint density at radius 3 is 2.13 bits per heavy atom. The molecule has 0 radical (unpaired) electrons. The molecular formula is C18H30N2O3. The summed E-state index contributed by atoms with van der Waals surface area (Å²) in [5.41, 5.74) is 1.14. The lowest BCUT2D eigenvalue weighted by Gasteiger charge is -2.38. The Labute approximate surface area is 140 Å². The molecular weight excluding hydrogens is 292 g/mol. The highest BCUT2D eigenvalue weighted by atomic mass is 16.5. The van der Waals surface area contributed by atoms with Crippen LogP contribution < -0.4 is 14.2 Å². The lowest BCUT2D eigenvalue weighted by atomic mass is 10.1. The van der Waals surface area contributed by atoms with Crippen LogP contribution in [0.3, 0.4) is 0 Å². The van der Waals surface area contributed by atoms with Crippen LogP contribution in [0.15, 0.2) is 12.1 Å². The second-order valence-electron chi connectivity index (χ2n) is 6.06. The number of hydrogen-bond acceptors (Lipinski definition) is 5. The van der Waals surface area contributed by atoms with Gasteiger partial charge in [-0.15, -0.1) is 0 Å². The first kappa shape index (κ1) is 17.9. The van der Waals surface area contributed by atoms with Crippen molar-refractivity contribution in [3.05, 3.63) is 17.7 Å². The predicted octanol–water partition coefficient (Wildman–Crippen LogP) is 2.63. The molecule has 23 heavy (non-hydrogen) atoms. The molecule has 1 aromatic carbocycles. The molecule has 0 aromatic heterocycles. The van der Waals surface area contributed by atoms with Crippen molar-refractivity contribution in [2.24, 2.45) is 0 Å². The van der Waals surface area contributed by atoms with Gasteiger partial charge in [-0.2, -0.15) is 0 Å². The fraction of sp³-hybridized carbons (Fsp3) is 0.667. The molecule has 1 saturated heterocycles. The monoisotopic (exact) mass is 322 g/mol. The van der Waals surface area contributed by atoms with E-state index in [1.807, 2.05) is 6.07 Å². The number of nitrogens with zero attached hydrogens (tertiary/aromatic N) is 2. The van der Waals surface area contributed by atoms with Crippen molar-refractivity contribution in [3.8, 4) is 17.2 Å². The smallest absolute Gasteiger partial charge is 0.203 e. The molecule has 1 aliphatic heterocycles. The van der Waals surface area contributed by atoms with Gasteiger partial charge in [-0.25, -0.2) is 0 Å². The summed E-state index contributed by atoms with van der Waals surface area (Å²) in [6.45, 7) is 9.87. The van der Waals surface area contributed by atoms with Gasteiger partial charge in [0.15, 0.2) is 11.5 Å². The minimum Gasteiger partial charge on any atom is -0.493 e. The van der Waals surface area contributed by atoms with Gasteiger partial charge in [-0.3, -0.25) is 9.80 Å². The molecule has 2 rings (SSSR count). The number of ether oxygens (including phenoxy) is 3. The summed E-state index contributed by atoms with van der Waals surface area (Å²) in [4.78, 5) is 5.05. The van der Waals surface area contributed by atoms with Crippen molar-refractivity contribution in [1.82, 2.24) is 9.80 Å². The van der Waals surface area contributed by atoms with Gasteiger partial charge in [0.2, 0.25) is 5.75 Å². The Morgan fingerprint density at radius 1 is 0.957 bits per heavy atom. The van der Waals surface area contributed by atoms with Crippen molar-refractivity contribution in [3.63, 3.8) is 0 Å². The summed E-state index contributed by atoms with van der Waals surface area (Å²) >= 11 is 0. The van der Waals surface area contributed by atoms with Crippen LogP contribution >= 0.6 is 0 Å². The third-order valence-corrected chi connectivity index (χ3v) is 4.80. The van der Waals surface area contributed by atoms with E-state index < -0.39 is 0 Å². The molecule has 0 amide bonds. The Hall–Kier alpha value is -1.46. The van der Waals surface area contributed by atoms with Crippen molar-refractivity contribution in [1.29, 1.82) is 0 Å². The quantitative estimate of drug-likeness (QED) is 0.771. The summed E-state index contributed by atoms with van der Waals surface area (Å²) in [6.07, 6.45) is 1.21. The molecule has 1 unspecified atom stereocenters.